The van der Waals surface area contributed by atoms with Gasteiger partial charge in [0.15, 0.2) is 0 Å². The molecule has 2 atom stereocenters. The summed E-state index contributed by atoms with van der Waals surface area (Å²) in [6.45, 7) is 2.15. The third-order valence-corrected chi connectivity index (χ3v) is 6.36. The van der Waals surface area contributed by atoms with Gasteiger partial charge in [-0.3, -0.25) is 4.79 Å². The lowest BCUT2D eigenvalue weighted by Gasteiger charge is -2.43. The number of likely N-dealkylation sites (tertiary alicyclic amines) is 1. The molecule has 7 nitrogen and oxygen atoms in total. The summed E-state index contributed by atoms with van der Waals surface area (Å²) in [6, 6.07) is -0.112. The molecule has 0 spiro atoms. The van der Waals surface area contributed by atoms with E-state index >= 15 is 0 Å². The second-order valence-corrected chi connectivity index (χ2v) is 7.72. The summed E-state index contributed by atoms with van der Waals surface area (Å²) in [7, 11) is -3.26. The van der Waals surface area contributed by atoms with E-state index in [9.17, 15) is 13.2 Å². The van der Waals surface area contributed by atoms with Gasteiger partial charge in [0, 0.05) is 38.7 Å². The molecule has 0 radical (unpaired) electrons. The molecule has 0 aromatic heterocycles. The van der Waals surface area contributed by atoms with E-state index in [1.165, 1.54) is 4.31 Å². The van der Waals surface area contributed by atoms with Crippen LogP contribution in [0.2, 0.25) is 0 Å². The molecular formula is C11H19N3O4S. The molecule has 0 aromatic carbocycles. The lowest BCUT2D eigenvalue weighted by atomic mass is 10.1. The van der Waals surface area contributed by atoms with E-state index in [4.69, 9.17) is 10.5 Å². The molecule has 8 heteroatoms. The van der Waals surface area contributed by atoms with E-state index in [2.05, 4.69) is 0 Å². The van der Waals surface area contributed by atoms with Gasteiger partial charge in [-0.05, 0) is 6.42 Å². The fourth-order valence-electron chi connectivity index (χ4n) is 2.89. The number of nitrogens with zero attached hydrogens (tertiary/aromatic N) is 2. The minimum atomic E-state index is -3.26. The van der Waals surface area contributed by atoms with Crippen molar-refractivity contribution in [1.82, 2.24) is 9.21 Å². The second kappa shape index (κ2) is 4.69. The quantitative estimate of drug-likeness (QED) is 0.672. The Hall–Kier alpha value is -0.700. The molecule has 3 aliphatic heterocycles. The number of nitrogens with two attached hydrogens (primary N) is 1. The number of sulfonamides is 1. The van der Waals surface area contributed by atoms with Gasteiger partial charge in [-0.25, -0.2) is 8.42 Å². The first-order valence-electron chi connectivity index (χ1n) is 6.60. The summed E-state index contributed by atoms with van der Waals surface area (Å²) in [5.74, 6) is 0.0405. The van der Waals surface area contributed by atoms with Gasteiger partial charge in [0.05, 0.1) is 12.6 Å². The molecule has 3 rings (SSSR count). The Morgan fingerprint density at radius 1 is 1.26 bits per heavy atom. The van der Waals surface area contributed by atoms with Crippen molar-refractivity contribution in [2.24, 2.45) is 5.73 Å². The SMILES string of the molecule is NC1CC(=O)N(C2CN(S(=O)(=O)C3CCOC3)C2)C1. The van der Waals surface area contributed by atoms with Crippen LogP contribution in [0.3, 0.4) is 0 Å². The third-order valence-electron chi connectivity index (χ3n) is 4.13. The van der Waals surface area contributed by atoms with E-state index in [-0.39, 0.29) is 24.6 Å². The van der Waals surface area contributed by atoms with Crippen LogP contribution in [0.25, 0.3) is 0 Å². The summed E-state index contributed by atoms with van der Waals surface area (Å²) in [5, 5.41) is -0.412. The molecule has 2 N–H and O–H groups in total. The molecule has 3 heterocycles. The Morgan fingerprint density at radius 3 is 2.53 bits per heavy atom. The summed E-state index contributed by atoms with van der Waals surface area (Å²) >= 11 is 0. The Bertz CT molecular complexity index is 468. The third kappa shape index (κ3) is 2.26. The number of ether oxygens (including phenoxy) is 1. The van der Waals surface area contributed by atoms with E-state index in [1.54, 1.807) is 4.90 Å². The van der Waals surface area contributed by atoms with Crippen molar-refractivity contribution in [1.29, 1.82) is 0 Å². The first kappa shape index (κ1) is 13.3. The van der Waals surface area contributed by atoms with Crippen molar-refractivity contribution in [3.63, 3.8) is 0 Å². The number of carbonyl (C=O) groups excluding carboxylic acids is 1. The first-order chi connectivity index (χ1) is 8.98. The van der Waals surface area contributed by atoms with Crippen LogP contribution >= 0.6 is 0 Å². The molecule has 0 saturated carbocycles. The second-order valence-electron chi connectivity index (χ2n) is 5.51. The van der Waals surface area contributed by atoms with E-state index in [0.717, 1.165) is 0 Å². The average Bonchev–Trinajstić information content (AvgIpc) is 2.86. The first-order valence-corrected chi connectivity index (χ1v) is 8.10. The van der Waals surface area contributed by atoms with Crippen LogP contribution in [-0.2, 0) is 19.6 Å². The molecular weight excluding hydrogens is 270 g/mol. The van der Waals surface area contributed by atoms with Crippen LogP contribution in [0, 0.1) is 0 Å². The Kier molecular flexibility index (Phi) is 3.28. The van der Waals surface area contributed by atoms with Crippen molar-refractivity contribution in [2.75, 3.05) is 32.8 Å². The van der Waals surface area contributed by atoms with Crippen LogP contribution in [0.4, 0.5) is 0 Å². The van der Waals surface area contributed by atoms with Crippen LogP contribution < -0.4 is 5.73 Å². The lowest BCUT2D eigenvalue weighted by Crippen LogP contribution is -2.62. The van der Waals surface area contributed by atoms with Gasteiger partial charge in [-0.15, -0.1) is 0 Å². The minimum Gasteiger partial charge on any atom is -0.380 e. The highest BCUT2D eigenvalue weighted by atomic mass is 32.2. The van der Waals surface area contributed by atoms with Crippen LogP contribution in [0.1, 0.15) is 12.8 Å². The molecule has 0 bridgehead atoms. The molecule has 3 aliphatic rings. The smallest absolute Gasteiger partial charge is 0.224 e. The highest BCUT2D eigenvalue weighted by Gasteiger charge is 2.46. The van der Waals surface area contributed by atoms with Gasteiger partial charge in [-0.2, -0.15) is 4.31 Å². The van der Waals surface area contributed by atoms with Crippen molar-refractivity contribution in [3.8, 4) is 0 Å². The van der Waals surface area contributed by atoms with Crippen LogP contribution in [0.15, 0.2) is 0 Å². The number of hydrogen-bond acceptors (Lipinski definition) is 5. The lowest BCUT2D eigenvalue weighted by molar-refractivity contribution is -0.131. The maximum atomic E-state index is 12.2. The maximum absolute atomic E-state index is 12.2. The van der Waals surface area contributed by atoms with Crippen molar-refractivity contribution < 1.29 is 17.9 Å². The number of hydrogen-bond donors (Lipinski definition) is 1. The number of rotatable bonds is 3. The number of amides is 1. The van der Waals surface area contributed by atoms with Gasteiger partial charge in [-0.1, -0.05) is 0 Å². The van der Waals surface area contributed by atoms with Gasteiger partial charge < -0.3 is 15.4 Å². The largest absolute Gasteiger partial charge is 0.380 e. The summed E-state index contributed by atoms with van der Waals surface area (Å²) in [6.07, 6.45) is 0.941. The molecule has 1 amide bonds. The van der Waals surface area contributed by atoms with Gasteiger partial charge in [0.1, 0.15) is 5.25 Å². The van der Waals surface area contributed by atoms with Crippen LogP contribution in [0.5, 0.6) is 0 Å². The van der Waals surface area contributed by atoms with Crippen molar-refractivity contribution in [2.45, 2.75) is 30.2 Å². The Balaban J connectivity index is 1.59. The Labute approximate surface area is 112 Å². The zero-order valence-electron chi connectivity index (χ0n) is 10.7. The summed E-state index contributed by atoms with van der Waals surface area (Å²) < 4.78 is 31.1. The predicted octanol–water partition coefficient (Wildman–Crippen LogP) is -1.65. The molecule has 0 aliphatic carbocycles. The Morgan fingerprint density at radius 2 is 2.00 bits per heavy atom. The topological polar surface area (TPSA) is 92.9 Å². The van der Waals surface area contributed by atoms with Crippen molar-refractivity contribution in [3.05, 3.63) is 0 Å². The van der Waals surface area contributed by atoms with E-state index < -0.39 is 15.3 Å². The monoisotopic (exact) mass is 289 g/mol. The summed E-state index contributed by atoms with van der Waals surface area (Å²) in [4.78, 5) is 13.4. The van der Waals surface area contributed by atoms with Crippen LogP contribution in [-0.4, -0.2) is 73.7 Å². The summed E-state index contributed by atoms with van der Waals surface area (Å²) in [5.41, 5.74) is 5.74. The van der Waals surface area contributed by atoms with E-state index in [0.29, 0.717) is 39.1 Å². The molecule has 2 unspecified atom stereocenters. The minimum absolute atomic E-state index is 0.00172. The predicted molar refractivity (Wildman–Crippen MR) is 67.8 cm³/mol. The molecule has 108 valence electrons. The standard InChI is InChI=1S/C11H19N3O4S/c12-8-3-11(15)14(4-8)9-5-13(6-9)19(16,17)10-1-2-18-7-10/h8-10H,1-7,12H2. The molecule has 3 saturated heterocycles. The zero-order valence-corrected chi connectivity index (χ0v) is 11.5. The van der Waals surface area contributed by atoms with Gasteiger partial charge in [0.2, 0.25) is 15.9 Å². The van der Waals surface area contributed by atoms with Gasteiger partial charge in [0.25, 0.3) is 0 Å². The maximum Gasteiger partial charge on any atom is 0.224 e. The molecule has 3 fully saturated rings. The highest BCUT2D eigenvalue weighted by molar-refractivity contribution is 7.89. The molecule has 19 heavy (non-hydrogen) atoms. The van der Waals surface area contributed by atoms with E-state index in [1.807, 2.05) is 0 Å². The highest BCUT2D eigenvalue weighted by Crippen LogP contribution is 2.27. The fraction of sp³-hybridized carbons (Fsp3) is 0.909. The zero-order chi connectivity index (χ0) is 13.6. The van der Waals surface area contributed by atoms with Gasteiger partial charge >= 0.3 is 0 Å². The van der Waals surface area contributed by atoms with Crippen molar-refractivity contribution >= 4 is 15.9 Å². The fourth-order valence-corrected chi connectivity index (χ4v) is 4.74. The number of carbonyl (C=O) groups is 1. The average molecular weight is 289 g/mol. The molecule has 0 aromatic rings. The normalized spacial score (nSPS) is 33.9.